The van der Waals surface area contributed by atoms with Gasteiger partial charge >= 0.3 is 51.4 Å². The maximum absolute atomic E-state index is 10.1. The molecule has 0 saturated heterocycles. The van der Waals surface area contributed by atoms with Gasteiger partial charge < -0.3 is 5.11 Å². The van der Waals surface area contributed by atoms with Crippen molar-refractivity contribution in [3.05, 3.63) is 41.4 Å². The van der Waals surface area contributed by atoms with Crippen molar-refractivity contribution in [2.24, 2.45) is 0 Å². The Morgan fingerprint density at radius 2 is 1.50 bits per heavy atom. The van der Waals surface area contributed by atoms with Crippen molar-refractivity contribution in [2.45, 2.75) is 33.3 Å². The molecule has 1 aromatic rings. The van der Waals surface area contributed by atoms with Gasteiger partial charge in [-0.1, -0.05) is 56.7 Å². The molecule has 16 heavy (non-hydrogen) atoms. The van der Waals surface area contributed by atoms with E-state index in [1.165, 1.54) is 0 Å². The molecule has 0 fully saturated rings. The summed E-state index contributed by atoms with van der Waals surface area (Å²) in [4.78, 5) is 0. The minimum atomic E-state index is -0.750. The van der Waals surface area contributed by atoms with Crippen LogP contribution in [0.25, 0.3) is 5.57 Å². The zero-order valence-electron chi connectivity index (χ0n) is 10.8. The number of hydrogen-bond acceptors (Lipinski definition) is 1. The van der Waals surface area contributed by atoms with E-state index in [-0.39, 0.29) is 51.4 Å². The predicted molar refractivity (Wildman–Crippen MR) is 65.9 cm³/mol. The molecule has 0 spiro atoms. The largest absolute Gasteiger partial charge is 1.00 e. The second kappa shape index (κ2) is 8.87. The summed E-state index contributed by atoms with van der Waals surface area (Å²) in [6.07, 6.45) is 0. The summed E-state index contributed by atoms with van der Waals surface area (Å²) in [6.45, 7) is 10.7. The predicted octanol–water partition coefficient (Wildman–Crippen LogP) is 0.522. The second-order valence-corrected chi connectivity index (χ2v) is 4.84. The summed E-state index contributed by atoms with van der Waals surface area (Å²) in [7, 11) is 0. The fourth-order valence-corrected chi connectivity index (χ4v) is 0.860. The van der Waals surface area contributed by atoms with Crippen LogP contribution in [0.2, 0.25) is 5.02 Å². The van der Waals surface area contributed by atoms with Crippen LogP contribution in [0, 0.1) is 0 Å². The minimum Gasteiger partial charge on any atom is -0.850 e. The molecule has 0 saturated carbocycles. The monoisotopic (exact) mass is 264 g/mol. The number of benzene rings is 1. The molecule has 0 unspecified atom stereocenters. The van der Waals surface area contributed by atoms with Gasteiger partial charge in [-0.3, -0.25) is 0 Å². The van der Waals surface area contributed by atoms with Crippen molar-refractivity contribution in [1.29, 1.82) is 0 Å². The Morgan fingerprint density at radius 3 is 1.75 bits per heavy atom. The fraction of sp³-hybridized carbons (Fsp3) is 0.385. The van der Waals surface area contributed by atoms with Gasteiger partial charge in [0, 0.05) is 5.02 Å². The van der Waals surface area contributed by atoms with Gasteiger partial charge in [-0.15, -0.1) is 5.60 Å². The van der Waals surface area contributed by atoms with Gasteiger partial charge in [0.15, 0.2) is 0 Å². The average molecular weight is 265 g/mol. The Labute approximate surface area is 146 Å². The van der Waals surface area contributed by atoms with E-state index in [2.05, 4.69) is 6.58 Å². The smallest absolute Gasteiger partial charge is 0.850 e. The van der Waals surface area contributed by atoms with Gasteiger partial charge in [0.25, 0.3) is 0 Å². The Balaban J connectivity index is 0. The van der Waals surface area contributed by atoms with Crippen LogP contribution in [0.1, 0.15) is 33.3 Å². The average Bonchev–Trinajstić information content (AvgIpc) is 2.01. The van der Waals surface area contributed by atoms with Crippen LogP contribution in [0.3, 0.4) is 0 Å². The summed E-state index contributed by atoms with van der Waals surface area (Å²) in [5, 5.41) is 10.9. The van der Waals surface area contributed by atoms with Gasteiger partial charge in [-0.2, -0.15) is 0 Å². The van der Waals surface area contributed by atoms with E-state index < -0.39 is 5.60 Å². The van der Waals surface area contributed by atoms with Crippen LogP contribution in [-0.2, 0) is 0 Å². The molecule has 0 amide bonds. The van der Waals surface area contributed by atoms with Crippen molar-refractivity contribution in [3.8, 4) is 0 Å². The number of allylic oxidation sites excluding steroid dienone is 1. The van der Waals surface area contributed by atoms with Crippen molar-refractivity contribution in [3.63, 3.8) is 0 Å². The van der Waals surface area contributed by atoms with Crippen LogP contribution in [-0.4, -0.2) is 5.60 Å². The normalized spacial score (nSPS) is 9.62. The molecular weight excluding hydrogens is 247 g/mol. The Morgan fingerprint density at radius 1 is 1.19 bits per heavy atom. The molecule has 0 aromatic heterocycles. The SMILES string of the molecule is C=C(C)c1ccc(Cl)cc1.CC(C)(C)[O-].[K+]. The second-order valence-electron chi connectivity index (χ2n) is 4.40. The number of hydrogen-bond donors (Lipinski definition) is 0. The third kappa shape index (κ3) is 12.9. The summed E-state index contributed by atoms with van der Waals surface area (Å²) in [5.41, 5.74) is 1.46. The van der Waals surface area contributed by atoms with E-state index in [9.17, 15) is 5.11 Å². The molecule has 1 nitrogen and oxygen atoms in total. The molecule has 0 N–H and O–H groups in total. The maximum Gasteiger partial charge on any atom is 1.00 e. The van der Waals surface area contributed by atoms with Crippen molar-refractivity contribution in [1.82, 2.24) is 0 Å². The third-order valence-corrected chi connectivity index (χ3v) is 1.59. The minimum absolute atomic E-state index is 0. The molecule has 0 aliphatic heterocycles. The molecule has 0 bridgehead atoms. The third-order valence-electron chi connectivity index (χ3n) is 1.34. The van der Waals surface area contributed by atoms with Crippen LogP contribution < -0.4 is 56.5 Å². The van der Waals surface area contributed by atoms with E-state index in [1.54, 1.807) is 20.8 Å². The Bertz CT molecular complexity index is 306. The zero-order valence-corrected chi connectivity index (χ0v) is 14.7. The van der Waals surface area contributed by atoms with Crippen LogP contribution in [0.5, 0.6) is 0 Å². The van der Waals surface area contributed by atoms with Crippen molar-refractivity contribution >= 4 is 17.2 Å². The zero-order chi connectivity index (χ0) is 12.1. The van der Waals surface area contributed by atoms with Crippen molar-refractivity contribution in [2.75, 3.05) is 0 Å². The first-order valence-electron chi connectivity index (χ1n) is 4.82. The summed E-state index contributed by atoms with van der Waals surface area (Å²) >= 11 is 5.69. The molecule has 1 rings (SSSR count). The molecule has 0 aliphatic rings. The van der Waals surface area contributed by atoms with Crippen LogP contribution in [0.15, 0.2) is 30.8 Å². The molecule has 3 heteroatoms. The van der Waals surface area contributed by atoms with Crippen LogP contribution >= 0.6 is 11.6 Å². The van der Waals surface area contributed by atoms with Gasteiger partial charge in [0.05, 0.1) is 0 Å². The molecule has 0 heterocycles. The molecular formula is C13H18ClKO. The van der Waals surface area contributed by atoms with E-state index in [0.29, 0.717) is 0 Å². The first-order chi connectivity index (χ1) is 6.70. The van der Waals surface area contributed by atoms with E-state index in [4.69, 9.17) is 11.6 Å². The fourth-order valence-electron chi connectivity index (χ4n) is 0.734. The van der Waals surface area contributed by atoms with Gasteiger partial charge in [0.1, 0.15) is 0 Å². The summed E-state index contributed by atoms with van der Waals surface area (Å²) < 4.78 is 0. The first-order valence-corrected chi connectivity index (χ1v) is 5.20. The van der Waals surface area contributed by atoms with E-state index in [1.807, 2.05) is 31.2 Å². The summed E-state index contributed by atoms with van der Waals surface area (Å²) in [5.74, 6) is 0. The van der Waals surface area contributed by atoms with Crippen molar-refractivity contribution < 1.29 is 56.5 Å². The Kier molecular flexibility index (Phi) is 10.6. The van der Waals surface area contributed by atoms with Gasteiger partial charge in [0.2, 0.25) is 0 Å². The standard InChI is InChI=1S/C9H9Cl.C4H9O.K/c1-7(2)8-3-5-9(10)6-4-8;1-4(2,3)5;/h3-6H,1H2,2H3;1-3H3;/q;-1;+1. The number of halogens is 1. The molecule has 0 aliphatic carbocycles. The molecule has 1 aromatic carbocycles. The quantitative estimate of drug-likeness (QED) is 0.679. The molecule has 0 radical (unpaired) electrons. The van der Waals surface area contributed by atoms with Gasteiger partial charge in [-0.25, -0.2) is 0 Å². The van der Waals surface area contributed by atoms with E-state index in [0.717, 1.165) is 16.2 Å². The topological polar surface area (TPSA) is 23.1 Å². The number of rotatable bonds is 1. The van der Waals surface area contributed by atoms with Gasteiger partial charge in [-0.05, 0) is 24.6 Å². The first kappa shape index (κ1) is 19.2. The summed E-state index contributed by atoms with van der Waals surface area (Å²) in [6, 6.07) is 7.66. The van der Waals surface area contributed by atoms with E-state index >= 15 is 0 Å². The molecule has 0 atom stereocenters. The maximum atomic E-state index is 10.1. The van der Waals surface area contributed by atoms with Crippen LogP contribution in [0.4, 0.5) is 0 Å². The molecule has 84 valence electrons. The Hall–Kier alpha value is 0.846.